The third-order valence-electron chi connectivity index (χ3n) is 3.57. The van der Waals surface area contributed by atoms with Gasteiger partial charge in [0.05, 0.1) is 12.6 Å². The lowest BCUT2D eigenvalue weighted by molar-refractivity contribution is -0.123. The molecule has 21 heavy (non-hydrogen) atoms. The zero-order valence-corrected chi connectivity index (χ0v) is 13.0. The highest BCUT2D eigenvalue weighted by atomic mass is 16.6. The van der Waals surface area contributed by atoms with Crippen LogP contribution in [0.25, 0.3) is 0 Å². The normalized spacial score (nSPS) is 17.4. The van der Waals surface area contributed by atoms with E-state index in [-0.39, 0.29) is 18.0 Å². The topological polar surface area (TPSA) is 93.9 Å². The first-order chi connectivity index (χ1) is 10.1. The number of rotatable bonds is 7. The van der Waals surface area contributed by atoms with Crippen LogP contribution in [0.1, 0.15) is 32.6 Å². The summed E-state index contributed by atoms with van der Waals surface area (Å²) in [5, 5.41) is 2.95. The third kappa shape index (κ3) is 6.31. The van der Waals surface area contributed by atoms with Crippen molar-refractivity contribution in [2.75, 3.05) is 33.4 Å². The number of ether oxygens (including phenoxy) is 2. The molecule has 1 saturated heterocycles. The fourth-order valence-electron chi connectivity index (χ4n) is 2.31. The summed E-state index contributed by atoms with van der Waals surface area (Å²) in [7, 11) is 1.63. The number of hydrogen-bond acceptors (Lipinski definition) is 5. The number of amides is 2. The molecule has 1 aliphatic rings. The van der Waals surface area contributed by atoms with E-state index in [1.165, 1.54) is 0 Å². The molecule has 0 bridgehead atoms. The van der Waals surface area contributed by atoms with Gasteiger partial charge in [0.1, 0.15) is 0 Å². The second-order valence-electron chi connectivity index (χ2n) is 5.21. The Morgan fingerprint density at radius 2 is 2.05 bits per heavy atom. The van der Waals surface area contributed by atoms with Crippen LogP contribution in [-0.4, -0.2) is 62.4 Å². The van der Waals surface area contributed by atoms with Crippen molar-refractivity contribution in [1.29, 1.82) is 0 Å². The molecule has 1 heterocycles. The number of piperidine rings is 1. The molecule has 0 aliphatic carbocycles. The van der Waals surface area contributed by atoms with E-state index in [1.807, 2.05) is 0 Å². The van der Waals surface area contributed by atoms with E-state index in [9.17, 15) is 9.59 Å². The minimum absolute atomic E-state index is 0.0802. The first kappa shape index (κ1) is 17.7. The van der Waals surface area contributed by atoms with Gasteiger partial charge in [0.15, 0.2) is 0 Å². The molecule has 122 valence electrons. The largest absolute Gasteiger partial charge is 0.450 e. The molecule has 0 aromatic rings. The number of nitrogens with zero attached hydrogens (tertiary/aromatic N) is 1. The Morgan fingerprint density at radius 3 is 2.62 bits per heavy atom. The first-order valence-electron chi connectivity index (χ1n) is 7.55. The van der Waals surface area contributed by atoms with Crippen molar-refractivity contribution in [3.8, 4) is 0 Å². The average Bonchev–Trinajstić information content (AvgIpc) is 2.48. The van der Waals surface area contributed by atoms with Gasteiger partial charge in [-0.3, -0.25) is 4.79 Å². The van der Waals surface area contributed by atoms with Crippen LogP contribution in [0.15, 0.2) is 0 Å². The van der Waals surface area contributed by atoms with Crippen LogP contribution >= 0.6 is 0 Å². The van der Waals surface area contributed by atoms with E-state index >= 15 is 0 Å². The summed E-state index contributed by atoms with van der Waals surface area (Å²) in [6, 6.07) is -0.417. The van der Waals surface area contributed by atoms with Crippen LogP contribution < -0.4 is 11.1 Å². The molecule has 7 nitrogen and oxygen atoms in total. The quantitative estimate of drug-likeness (QED) is 0.667. The van der Waals surface area contributed by atoms with Crippen molar-refractivity contribution in [3.05, 3.63) is 0 Å². The summed E-state index contributed by atoms with van der Waals surface area (Å²) in [4.78, 5) is 25.2. The maximum absolute atomic E-state index is 11.9. The molecule has 0 radical (unpaired) electrons. The van der Waals surface area contributed by atoms with Gasteiger partial charge < -0.3 is 25.4 Å². The Morgan fingerprint density at radius 1 is 1.38 bits per heavy atom. The van der Waals surface area contributed by atoms with Crippen LogP contribution in [-0.2, 0) is 14.3 Å². The maximum atomic E-state index is 11.9. The smallest absolute Gasteiger partial charge is 0.409 e. The zero-order chi connectivity index (χ0) is 15.7. The lowest BCUT2D eigenvalue weighted by atomic mass is 10.0. The van der Waals surface area contributed by atoms with Gasteiger partial charge in [0.25, 0.3) is 0 Å². The number of likely N-dealkylation sites (tertiary alicyclic amines) is 1. The zero-order valence-electron chi connectivity index (χ0n) is 13.0. The van der Waals surface area contributed by atoms with Gasteiger partial charge in [-0.05, 0) is 32.6 Å². The Bertz CT molecular complexity index is 330. The van der Waals surface area contributed by atoms with Crippen LogP contribution in [0, 0.1) is 0 Å². The minimum Gasteiger partial charge on any atom is -0.450 e. The Labute approximate surface area is 126 Å². The summed E-state index contributed by atoms with van der Waals surface area (Å²) in [6.45, 7) is 3.98. The molecule has 1 atom stereocenters. The average molecular weight is 301 g/mol. The van der Waals surface area contributed by atoms with Crippen LogP contribution in [0.2, 0.25) is 0 Å². The molecule has 7 heteroatoms. The van der Waals surface area contributed by atoms with Crippen LogP contribution in [0.5, 0.6) is 0 Å². The summed E-state index contributed by atoms with van der Waals surface area (Å²) in [6.07, 6.45) is 2.57. The number of carbonyl (C=O) groups is 2. The van der Waals surface area contributed by atoms with E-state index in [2.05, 4.69) is 5.32 Å². The molecular formula is C14H27N3O4. The Hall–Kier alpha value is -1.34. The summed E-state index contributed by atoms with van der Waals surface area (Å²) < 4.78 is 9.90. The van der Waals surface area contributed by atoms with Gasteiger partial charge in [-0.25, -0.2) is 4.79 Å². The third-order valence-corrected chi connectivity index (χ3v) is 3.57. The molecule has 0 aromatic heterocycles. The fourth-order valence-corrected chi connectivity index (χ4v) is 2.31. The fraction of sp³-hybridized carbons (Fsp3) is 0.857. The van der Waals surface area contributed by atoms with Crippen molar-refractivity contribution >= 4 is 12.0 Å². The highest BCUT2D eigenvalue weighted by Crippen LogP contribution is 2.12. The predicted molar refractivity (Wildman–Crippen MR) is 78.8 cm³/mol. The molecule has 1 rings (SSSR count). The van der Waals surface area contributed by atoms with Crippen molar-refractivity contribution < 1.29 is 19.1 Å². The monoisotopic (exact) mass is 301 g/mol. The summed E-state index contributed by atoms with van der Waals surface area (Å²) >= 11 is 0. The van der Waals surface area contributed by atoms with Crippen LogP contribution in [0.3, 0.4) is 0 Å². The number of hydrogen-bond donors (Lipinski definition) is 2. The van der Waals surface area contributed by atoms with Gasteiger partial charge in [-0.1, -0.05) is 0 Å². The van der Waals surface area contributed by atoms with E-state index in [4.69, 9.17) is 15.2 Å². The van der Waals surface area contributed by atoms with E-state index in [0.717, 1.165) is 19.3 Å². The summed E-state index contributed by atoms with van der Waals surface area (Å²) in [5.74, 6) is -0.124. The molecule has 0 aromatic carbocycles. The first-order valence-corrected chi connectivity index (χ1v) is 7.55. The second kappa shape index (κ2) is 9.57. The Balaban J connectivity index is 2.25. The summed E-state index contributed by atoms with van der Waals surface area (Å²) in [5.41, 5.74) is 5.84. The molecule has 1 fully saturated rings. The Kier molecular flexibility index (Phi) is 8.07. The molecule has 2 amide bonds. The highest BCUT2D eigenvalue weighted by molar-refractivity contribution is 5.81. The number of carbonyl (C=O) groups excluding carboxylic acids is 2. The number of nitrogens with one attached hydrogen (secondary N) is 1. The van der Waals surface area contributed by atoms with E-state index < -0.39 is 6.04 Å². The lowest BCUT2D eigenvalue weighted by Gasteiger charge is -2.32. The van der Waals surface area contributed by atoms with Crippen molar-refractivity contribution in [3.63, 3.8) is 0 Å². The lowest BCUT2D eigenvalue weighted by Crippen LogP contribution is -2.50. The highest BCUT2D eigenvalue weighted by Gasteiger charge is 2.25. The van der Waals surface area contributed by atoms with Gasteiger partial charge in [-0.2, -0.15) is 0 Å². The van der Waals surface area contributed by atoms with Crippen molar-refractivity contribution in [1.82, 2.24) is 10.2 Å². The molecular weight excluding hydrogens is 274 g/mol. The van der Waals surface area contributed by atoms with Crippen LogP contribution in [0.4, 0.5) is 4.79 Å². The SMILES string of the molecule is CCOC(=O)N1CCC(NC(=O)C(N)CCCOC)CC1. The van der Waals surface area contributed by atoms with E-state index in [1.54, 1.807) is 18.9 Å². The van der Waals surface area contributed by atoms with Gasteiger partial charge >= 0.3 is 6.09 Å². The molecule has 0 spiro atoms. The van der Waals surface area contributed by atoms with Gasteiger partial charge in [-0.15, -0.1) is 0 Å². The van der Waals surface area contributed by atoms with Crippen molar-refractivity contribution in [2.45, 2.75) is 44.7 Å². The molecule has 0 saturated carbocycles. The van der Waals surface area contributed by atoms with Gasteiger partial charge in [0, 0.05) is 32.8 Å². The standard InChI is InChI=1S/C14H27N3O4/c1-3-21-14(19)17-8-6-11(7-9-17)16-13(18)12(15)5-4-10-20-2/h11-12H,3-10,15H2,1-2H3,(H,16,18). The second-order valence-corrected chi connectivity index (χ2v) is 5.21. The van der Waals surface area contributed by atoms with Gasteiger partial charge in [0.2, 0.25) is 5.91 Å². The molecule has 3 N–H and O–H groups in total. The minimum atomic E-state index is -0.497. The van der Waals surface area contributed by atoms with E-state index in [0.29, 0.717) is 32.7 Å². The maximum Gasteiger partial charge on any atom is 0.409 e. The molecule has 1 unspecified atom stereocenters. The number of nitrogens with two attached hydrogens (primary N) is 1. The van der Waals surface area contributed by atoms with Crippen molar-refractivity contribution in [2.24, 2.45) is 5.73 Å². The predicted octanol–water partition coefficient (Wildman–Crippen LogP) is 0.477. The number of methoxy groups -OCH3 is 1. The molecule has 1 aliphatic heterocycles.